The summed E-state index contributed by atoms with van der Waals surface area (Å²) >= 11 is 6.02. The molecule has 6 nitrogen and oxygen atoms in total. The van der Waals surface area contributed by atoms with E-state index in [1.54, 1.807) is 24.3 Å². The molecule has 1 aromatic heterocycles. The Morgan fingerprint density at radius 2 is 1.82 bits per heavy atom. The van der Waals surface area contributed by atoms with Crippen molar-refractivity contribution in [2.45, 2.75) is 6.54 Å². The second-order valence-electron chi connectivity index (χ2n) is 4.55. The zero-order chi connectivity index (χ0) is 15.4. The number of carbonyl (C=O) groups excluding carboxylic acids is 1. The maximum Gasteiger partial charge on any atom is 0.246 e. The summed E-state index contributed by atoms with van der Waals surface area (Å²) in [5.74, 6) is 0.285. The minimum Gasteiger partial charge on any atom is -0.323 e. The van der Waals surface area contributed by atoms with E-state index in [2.05, 4.69) is 20.8 Å². The van der Waals surface area contributed by atoms with Crippen molar-refractivity contribution in [3.05, 3.63) is 59.6 Å². The quantitative estimate of drug-likeness (QED) is 0.803. The van der Waals surface area contributed by atoms with Crippen molar-refractivity contribution in [3.63, 3.8) is 0 Å². The molecule has 22 heavy (non-hydrogen) atoms. The standard InChI is InChI=1S/C15H12ClN5O/c16-12-8-4-5-9-13(12)17-14(22)10-21-15(18-19-20-21)11-6-2-1-3-7-11/h1-9H,10H2,(H,17,22). The number of aromatic nitrogens is 4. The largest absolute Gasteiger partial charge is 0.323 e. The van der Waals surface area contributed by atoms with E-state index in [0.717, 1.165) is 5.56 Å². The number of halogens is 1. The van der Waals surface area contributed by atoms with E-state index in [1.165, 1.54) is 4.68 Å². The summed E-state index contributed by atoms with van der Waals surface area (Å²) < 4.78 is 1.45. The molecule has 1 amide bonds. The highest BCUT2D eigenvalue weighted by Crippen LogP contribution is 2.20. The van der Waals surface area contributed by atoms with Gasteiger partial charge < -0.3 is 5.32 Å². The second-order valence-corrected chi connectivity index (χ2v) is 4.96. The molecule has 1 N–H and O–H groups in total. The third-order valence-electron chi connectivity index (χ3n) is 3.01. The van der Waals surface area contributed by atoms with Crippen LogP contribution in [-0.2, 0) is 11.3 Å². The van der Waals surface area contributed by atoms with Crippen molar-refractivity contribution < 1.29 is 4.79 Å². The number of amides is 1. The summed E-state index contributed by atoms with van der Waals surface area (Å²) in [4.78, 5) is 12.1. The van der Waals surface area contributed by atoms with Crippen molar-refractivity contribution in [2.75, 3.05) is 5.32 Å². The van der Waals surface area contributed by atoms with Gasteiger partial charge in [-0.15, -0.1) is 5.10 Å². The first-order chi connectivity index (χ1) is 10.7. The third kappa shape index (κ3) is 3.12. The molecule has 1 heterocycles. The Kier molecular flexibility index (Phi) is 4.11. The van der Waals surface area contributed by atoms with Crippen LogP contribution in [0, 0.1) is 0 Å². The van der Waals surface area contributed by atoms with Gasteiger partial charge in [0.15, 0.2) is 5.82 Å². The Morgan fingerprint density at radius 3 is 2.59 bits per heavy atom. The maximum atomic E-state index is 12.1. The van der Waals surface area contributed by atoms with E-state index >= 15 is 0 Å². The average molecular weight is 314 g/mol. The van der Waals surface area contributed by atoms with Gasteiger partial charge in [0.1, 0.15) is 6.54 Å². The van der Waals surface area contributed by atoms with Gasteiger partial charge in [0.25, 0.3) is 0 Å². The first kappa shape index (κ1) is 14.2. The van der Waals surface area contributed by atoms with Crippen LogP contribution in [0.1, 0.15) is 0 Å². The summed E-state index contributed by atoms with van der Waals surface area (Å²) in [6, 6.07) is 16.5. The molecule has 0 bridgehead atoms. The van der Waals surface area contributed by atoms with E-state index < -0.39 is 0 Å². The molecule has 0 aliphatic heterocycles. The molecule has 0 aliphatic rings. The first-order valence-electron chi connectivity index (χ1n) is 6.60. The Bertz CT molecular complexity index is 787. The molecule has 3 aromatic rings. The molecule has 0 atom stereocenters. The van der Waals surface area contributed by atoms with Crippen LogP contribution in [0.25, 0.3) is 11.4 Å². The van der Waals surface area contributed by atoms with Crippen molar-refractivity contribution in [3.8, 4) is 11.4 Å². The second kappa shape index (κ2) is 6.36. The molecule has 0 spiro atoms. The number of tetrazole rings is 1. The lowest BCUT2D eigenvalue weighted by atomic mass is 10.2. The minimum absolute atomic E-state index is 0.00243. The van der Waals surface area contributed by atoms with Crippen molar-refractivity contribution in [1.82, 2.24) is 20.2 Å². The van der Waals surface area contributed by atoms with Gasteiger partial charge in [0.2, 0.25) is 5.91 Å². The highest BCUT2D eigenvalue weighted by Gasteiger charge is 2.12. The summed E-state index contributed by atoms with van der Waals surface area (Å²) in [7, 11) is 0. The molecule has 110 valence electrons. The number of para-hydroxylation sites is 1. The SMILES string of the molecule is O=C(Cn1nnnc1-c1ccccc1)Nc1ccccc1Cl. The molecule has 0 aliphatic carbocycles. The number of nitrogens with zero attached hydrogens (tertiary/aromatic N) is 4. The predicted molar refractivity (Wildman–Crippen MR) is 83.3 cm³/mol. The van der Waals surface area contributed by atoms with Gasteiger partial charge in [0.05, 0.1) is 10.7 Å². The topological polar surface area (TPSA) is 72.7 Å². The molecular weight excluding hydrogens is 302 g/mol. The Hall–Kier alpha value is -2.73. The molecule has 2 aromatic carbocycles. The number of anilines is 1. The maximum absolute atomic E-state index is 12.1. The fourth-order valence-corrected chi connectivity index (χ4v) is 2.18. The number of nitrogens with one attached hydrogen (secondary N) is 1. The van der Waals surface area contributed by atoms with Crippen LogP contribution in [-0.4, -0.2) is 26.1 Å². The highest BCUT2D eigenvalue weighted by molar-refractivity contribution is 6.33. The normalized spacial score (nSPS) is 10.4. The lowest BCUT2D eigenvalue weighted by molar-refractivity contribution is -0.116. The monoisotopic (exact) mass is 313 g/mol. The highest BCUT2D eigenvalue weighted by atomic mass is 35.5. The van der Waals surface area contributed by atoms with Gasteiger partial charge in [-0.3, -0.25) is 4.79 Å². The fourth-order valence-electron chi connectivity index (χ4n) is 1.99. The van der Waals surface area contributed by atoms with E-state index in [0.29, 0.717) is 16.5 Å². The van der Waals surface area contributed by atoms with Crippen molar-refractivity contribution >= 4 is 23.2 Å². The van der Waals surface area contributed by atoms with Crippen molar-refractivity contribution in [1.29, 1.82) is 0 Å². The zero-order valence-corrected chi connectivity index (χ0v) is 12.2. The zero-order valence-electron chi connectivity index (χ0n) is 11.5. The first-order valence-corrected chi connectivity index (χ1v) is 6.98. The van der Waals surface area contributed by atoms with Crippen LogP contribution < -0.4 is 5.32 Å². The van der Waals surface area contributed by atoms with Gasteiger partial charge in [-0.2, -0.15) is 0 Å². The minimum atomic E-state index is -0.252. The van der Waals surface area contributed by atoms with Crippen LogP contribution in [0.2, 0.25) is 5.02 Å². The van der Waals surface area contributed by atoms with Crippen LogP contribution in [0.15, 0.2) is 54.6 Å². The summed E-state index contributed by atoms with van der Waals surface area (Å²) in [5, 5.41) is 14.7. The molecule has 0 saturated heterocycles. The van der Waals surface area contributed by atoms with Crippen LogP contribution >= 0.6 is 11.6 Å². The molecule has 7 heteroatoms. The molecule has 0 saturated carbocycles. The smallest absolute Gasteiger partial charge is 0.246 e. The van der Waals surface area contributed by atoms with Crippen LogP contribution in [0.5, 0.6) is 0 Å². The summed E-state index contributed by atoms with van der Waals surface area (Å²) in [6.45, 7) is 0.00243. The molecule has 0 unspecified atom stereocenters. The van der Waals surface area contributed by atoms with E-state index in [9.17, 15) is 4.79 Å². The van der Waals surface area contributed by atoms with Gasteiger partial charge in [-0.05, 0) is 22.6 Å². The van der Waals surface area contributed by atoms with Crippen LogP contribution in [0.4, 0.5) is 5.69 Å². The molecular formula is C15H12ClN5O. The number of hydrogen-bond acceptors (Lipinski definition) is 4. The van der Waals surface area contributed by atoms with Gasteiger partial charge >= 0.3 is 0 Å². The lowest BCUT2D eigenvalue weighted by Crippen LogP contribution is -2.20. The van der Waals surface area contributed by atoms with Gasteiger partial charge in [-0.1, -0.05) is 54.1 Å². The summed E-state index contributed by atoms with van der Waals surface area (Å²) in [5.41, 5.74) is 1.40. The lowest BCUT2D eigenvalue weighted by Gasteiger charge is -2.08. The van der Waals surface area contributed by atoms with Gasteiger partial charge in [-0.25, -0.2) is 4.68 Å². The number of benzene rings is 2. The fraction of sp³-hybridized carbons (Fsp3) is 0.0667. The summed E-state index contributed by atoms with van der Waals surface area (Å²) in [6.07, 6.45) is 0. The Balaban J connectivity index is 1.76. The Labute approximate surface area is 131 Å². The number of rotatable bonds is 4. The number of hydrogen-bond donors (Lipinski definition) is 1. The molecule has 0 fully saturated rings. The Morgan fingerprint density at radius 1 is 1.09 bits per heavy atom. The van der Waals surface area contributed by atoms with Crippen molar-refractivity contribution in [2.24, 2.45) is 0 Å². The van der Waals surface area contributed by atoms with E-state index in [1.807, 2.05) is 30.3 Å². The van der Waals surface area contributed by atoms with Crippen LogP contribution in [0.3, 0.4) is 0 Å². The molecule has 3 rings (SSSR count). The van der Waals surface area contributed by atoms with E-state index in [-0.39, 0.29) is 12.5 Å². The third-order valence-corrected chi connectivity index (χ3v) is 3.33. The van der Waals surface area contributed by atoms with E-state index in [4.69, 9.17) is 11.6 Å². The van der Waals surface area contributed by atoms with Gasteiger partial charge in [0, 0.05) is 5.56 Å². The number of carbonyl (C=O) groups is 1. The predicted octanol–water partition coefficient (Wildman–Crippen LogP) is 2.63. The average Bonchev–Trinajstić information content (AvgIpc) is 2.98. The molecule has 0 radical (unpaired) electrons.